The molecule has 29 heavy (non-hydrogen) atoms. The molecule has 0 saturated heterocycles. The van der Waals surface area contributed by atoms with Gasteiger partial charge in [0, 0.05) is 30.2 Å². The monoisotopic (exact) mass is 390 g/mol. The lowest BCUT2D eigenvalue weighted by Crippen LogP contribution is -2.36. The smallest absolute Gasteiger partial charge is 0.229 e. The van der Waals surface area contributed by atoms with E-state index in [1.165, 1.54) is 11.6 Å². The van der Waals surface area contributed by atoms with Crippen molar-refractivity contribution in [1.29, 1.82) is 0 Å². The topological polar surface area (TPSA) is 33.2 Å². The van der Waals surface area contributed by atoms with Crippen LogP contribution >= 0.6 is 0 Å². The first-order valence-corrected chi connectivity index (χ1v) is 10.4. The fraction of sp³-hybridized carbons (Fsp3) is 0.360. The molecular formula is C25H27FN2O. The number of amides is 1. The number of carbonyl (C=O) groups is 1. The third kappa shape index (κ3) is 4.02. The first-order valence-electron chi connectivity index (χ1n) is 10.4. The summed E-state index contributed by atoms with van der Waals surface area (Å²) in [5.74, 6) is 0.731. The summed E-state index contributed by atoms with van der Waals surface area (Å²) in [5.41, 5.74) is 2.97. The third-order valence-electron chi connectivity index (χ3n) is 6.52. The zero-order chi connectivity index (χ0) is 20.4. The van der Waals surface area contributed by atoms with Crippen LogP contribution in [0, 0.1) is 17.7 Å². The molecule has 4 heteroatoms. The highest BCUT2D eigenvalue weighted by atomic mass is 19.1. The van der Waals surface area contributed by atoms with Crippen LogP contribution in [0.15, 0.2) is 60.8 Å². The number of benzene rings is 2. The van der Waals surface area contributed by atoms with Crippen molar-refractivity contribution in [2.45, 2.75) is 38.5 Å². The Morgan fingerprint density at radius 2 is 1.79 bits per heavy atom. The van der Waals surface area contributed by atoms with E-state index in [9.17, 15) is 9.18 Å². The highest BCUT2D eigenvalue weighted by molar-refractivity contribution is 5.94. The van der Waals surface area contributed by atoms with Gasteiger partial charge in [0.05, 0.1) is 5.52 Å². The van der Waals surface area contributed by atoms with Crippen LogP contribution in [0.2, 0.25) is 0 Å². The Kier molecular flexibility index (Phi) is 5.61. The first kappa shape index (κ1) is 19.6. The van der Waals surface area contributed by atoms with Crippen LogP contribution in [0.25, 0.3) is 10.9 Å². The van der Waals surface area contributed by atoms with Crippen molar-refractivity contribution < 1.29 is 9.18 Å². The van der Waals surface area contributed by atoms with Gasteiger partial charge < -0.3 is 4.90 Å². The number of rotatable bonds is 4. The van der Waals surface area contributed by atoms with Gasteiger partial charge in [-0.05, 0) is 79.5 Å². The lowest BCUT2D eigenvalue weighted by Gasteiger charge is -2.34. The molecular weight excluding hydrogens is 363 g/mol. The number of hydrogen-bond acceptors (Lipinski definition) is 2. The van der Waals surface area contributed by atoms with Crippen LogP contribution in [-0.2, 0) is 4.79 Å². The molecule has 1 heterocycles. The van der Waals surface area contributed by atoms with Crippen LogP contribution in [0.3, 0.4) is 0 Å². The molecule has 1 aromatic heterocycles. The van der Waals surface area contributed by atoms with Crippen molar-refractivity contribution in [2.24, 2.45) is 11.8 Å². The molecule has 0 spiro atoms. The Bertz CT molecular complexity index is 996. The predicted octanol–water partition coefficient (Wildman–Crippen LogP) is 5.95. The number of para-hydroxylation sites is 1. The number of halogens is 1. The summed E-state index contributed by atoms with van der Waals surface area (Å²) in [6.45, 7) is 2.06. The van der Waals surface area contributed by atoms with E-state index in [-0.39, 0.29) is 17.6 Å². The minimum atomic E-state index is -0.219. The Hall–Kier alpha value is -2.75. The van der Waals surface area contributed by atoms with Gasteiger partial charge in [-0.25, -0.2) is 4.39 Å². The number of aromatic nitrogens is 1. The number of carbonyl (C=O) groups excluding carboxylic acids is 1. The summed E-state index contributed by atoms with van der Waals surface area (Å²) in [7, 11) is 1.86. The van der Waals surface area contributed by atoms with E-state index < -0.39 is 0 Å². The molecule has 1 aliphatic rings. The molecule has 3 aromatic rings. The highest BCUT2D eigenvalue weighted by Crippen LogP contribution is 2.41. The van der Waals surface area contributed by atoms with Gasteiger partial charge in [-0.15, -0.1) is 0 Å². The summed E-state index contributed by atoms with van der Waals surface area (Å²) < 4.78 is 13.8. The summed E-state index contributed by atoms with van der Waals surface area (Å²) in [6, 6.07) is 16.7. The molecule has 0 radical (unpaired) electrons. The quantitative estimate of drug-likeness (QED) is 0.552. The average molecular weight is 391 g/mol. The molecule has 0 N–H and O–H groups in total. The van der Waals surface area contributed by atoms with Crippen molar-refractivity contribution in [2.75, 3.05) is 11.9 Å². The maximum absolute atomic E-state index is 13.8. The van der Waals surface area contributed by atoms with Gasteiger partial charge in [0.25, 0.3) is 0 Å². The second-order valence-corrected chi connectivity index (χ2v) is 8.19. The summed E-state index contributed by atoms with van der Waals surface area (Å²) in [6.07, 6.45) is 5.89. The van der Waals surface area contributed by atoms with Crippen molar-refractivity contribution in [3.63, 3.8) is 0 Å². The van der Waals surface area contributed by atoms with Gasteiger partial charge in [-0.3, -0.25) is 9.78 Å². The lowest BCUT2D eigenvalue weighted by molar-refractivity contribution is -0.123. The van der Waals surface area contributed by atoms with Crippen LogP contribution in [0.5, 0.6) is 0 Å². The molecule has 1 amide bonds. The summed E-state index contributed by atoms with van der Waals surface area (Å²) >= 11 is 0. The van der Waals surface area contributed by atoms with Crippen molar-refractivity contribution in [3.8, 4) is 0 Å². The normalized spacial score (nSPS) is 20.4. The highest BCUT2D eigenvalue weighted by Gasteiger charge is 2.31. The molecule has 1 fully saturated rings. The number of fused-ring (bicyclic) bond motifs is 1. The van der Waals surface area contributed by atoms with Crippen molar-refractivity contribution in [1.82, 2.24) is 4.98 Å². The van der Waals surface area contributed by atoms with E-state index in [0.29, 0.717) is 11.8 Å². The number of anilines is 1. The zero-order valence-electron chi connectivity index (χ0n) is 17.0. The van der Waals surface area contributed by atoms with E-state index in [1.807, 2.05) is 49.6 Å². The van der Waals surface area contributed by atoms with Gasteiger partial charge in [0.15, 0.2) is 0 Å². The van der Waals surface area contributed by atoms with Gasteiger partial charge in [0.1, 0.15) is 5.82 Å². The van der Waals surface area contributed by atoms with E-state index in [4.69, 9.17) is 0 Å². The number of nitrogens with zero attached hydrogens (tertiary/aromatic N) is 2. The molecule has 4 rings (SSSR count). The predicted molar refractivity (Wildman–Crippen MR) is 115 cm³/mol. The third-order valence-corrected chi connectivity index (χ3v) is 6.52. The van der Waals surface area contributed by atoms with Crippen molar-refractivity contribution >= 4 is 22.5 Å². The molecule has 0 bridgehead atoms. The van der Waals surface area contributed by atoms with E-state index in [2.05, 4.69) is 11.9 Å². The maximum atomic E-state index is 13.8. The molecule has 1 aliphatic carbocycles. The molecule has 0 unspecified atom stereocenters. The summed E-state index contributed by atoms with van der Waals surface area (Å²) in [5, 5.41) is 0.920. The molecule has 0 aliphatic heterocycles. The lowest BCUT2D eigenvalue weighted by atomic mass is 9.73. The maximum Gasteiger partial charge on any atom is 0.229 e. The number of pyridine rings is 1. The van der Waals surface area contributed by atoms with E-state index in [1.54, 1.807) is 17.0 Å². The van der Waals surface area contributed by atoms with Gasteiger partial charge in [0.2, 0.25) is 5.91 Å². The zero-order valence-corrected chi connectivity index (χ0v) is 17.0. The summed E-state index contributed by atoms with van der Waals surface area (Å²) in [4.78, 5) is 19.1. The second-order valence-electron chi connectivity index (χ2n) is 8.19. The van der Waals surface area contributed by atoms with Crippen LogP contribution in [0.1, 0.15) is 44.1 Å². The second kappa shape index (κ2) is 8.32. The van der Waals surface area contributed by atoms with Gasteiger partial charge >= 0.3 is 0 Å². The first-order chi connectivity index (χ1) is 14.0. The van der Waals surface area contributed by atoms with Crippen LogP contribution < -0.4 is 4.90 Å². The average Bonchev–Trinajstić information content (AvgIpc) is 2.78. The van der Waals surface area contributed by atoms with E-state index in [0.717, 1.165) is 42.3 Å². The molecule has 3 nitrogen and oxygen atoms in total. The SMILES string of the molecule is C[C@@H](C(=O)N(C)c1ccccc1)C1CCC(c2ccnc3ccc(F)cc23)CC1. The minimum absolute atomic E-state index is 0.00668. The largest absolute Gasteiger partial charge is 0.315 e. The van der Waals surface area contributed by atoms with E-state index >= 15 is 0 Å². The number of hydrogen-bond donors (Lipinski definition) is 0. The minimum Gasteiger partial charge on any atom is -0.315 e. The van der Waals surface area contributed by atoms with Crippen LogP contribution in [0.4, 0.5) is 10.1 Å². The van der Waals surface area contributed by atoms with Gasteiger partial charge in [-0.1, -0.05) is 25.1 Å². The molecule has 150 valence electrons. The Morgan fingerprint density at radius 3 is 2.52 bits per heavy atom. The Morgan fingerprint density at radius 1 is 1.07 bits per heavy atom. The molecule has 1 atom stereocenters. The fourth-order valence-corrected chi connectivity index (χ4v) is 4.71. The van der Waals surface area contributed by atoms with Crippen LogP contribution in [-0.4, -0.2) is 17.9 Å². The Balaban J connectivity index is 1.44. The molecule has 2 aromatic carbocycles. The van der Waals surface area contributed by atoms with Gasteiger partial charge in [-0.2, -0.15) is 0 Å². The molecule has 1 saturated carbocycles. The van der Waals surface area contributed by atoms with Crippen molar-refractivity contribution in [3.05, 3.63) is 72.2 Å². The Labute approximate surface area is 171 Å². The fourth-order valence-electron chi connectivity index (χ4n) is 4.71. The standard InChI is InChI=1S/C25H27FN2O/c1-17(25(29)28(2)21-6-4-3-5-7-21)18-8-10-19(11-9-18)22-14-15-27-24-13-12-20(26)16-23(22)24/h3-7,12-19H,8-11H2,1-2H3/t17-,18?,19?/m1/s1.